The van der Waals surface area contributed by atoms with Crippen molar-refractivity contribution in [3.63, 3.8) is 0 Å². The number of ether oxygens (including phenoxy) is 1. The van der Waals surface area contributed by atoms with Gasteiger partial charge < -0.3 is 35.6 Å². The Bertz CT molecular complexity index is 1170. The second kappa shape index (κ2) is 8.75. The average molecular weight is 496 g/mol. The standard InChI is InChI=1S/C20H23Cl2N7O4/c21-11-2-1-10(7-12(11)22)27-3-5-28(6-4-27)20-25-17(23)14-18(26-20)29(9-24-14)19(32)16-15(31)13(30)8-33-16/h1-2,7,9,13,15-16,19,30-32H,3-6,8H2,(H2,23,25,26)/t13-,15+,16+,19?/m0/s1. The van der Waals surface area contributed by atoms with Gasteiger partial charge in [0.05, 0.1) is 23.0 Å². The molecular formula is C20H23Cl2N7O4. The van der Waals surface area contributed by atoms with E-state index >= 15 is 0 Å². The molecule has 11 nitrogen and oxygen atoms in total. The Morgan fingerprint density at radius 1 is 1.06 bits per heavy atom. The number of hydrogen-bond donors (Lipinski definition) is 4. The number of rotatable bonds is 4. The summed E-state index contributed by atoms with van der Waals surface area (Å²) in [4.78, 5) is 17.4. The Balaban J connectivity index is 1.37. The molecular weight excluding hydrogens is 473 g/mol. The third-order valence-electron chi connectivity index (χ3n) is 6.04. The minimum atomic E-state index is -1.31. The lowest BCUT2D eigenvalue weighted by molar-refractivity contribution is -0.0816. The molecule has 176 valence electrons. The number of aliphatic hydroxyl groups is 3. The normalized spacial score (nSPS) is 24.6. The maximum atomic E-state index is 10.8. The van der Waals surface area contributed by atoms with Gasteiger partial charge in [-0.3, -0.25) is 4.57 Å². The van der Waals surface area contributed by atoms with E-state index in [1.54, 1.807) is 6.07 Å². The number of aliphatic hydroxyl groups excluding tert-OH is 3. The lowest BCUT2D eigenvalue weighted by atomic mass is 10.1. The summed E-state index contributed by atoms with van der Waals surface area (Å²) in [5.74, 6) is 0.594. The summed E-state index contributed by atoms with van der Waals surface area (Å²) in [6.07, 6.45) is -3.26. The molecule has 2 fully saturated rings. The van der Waals surface area contributed by atoms with E-state index in [0.717, 1.165) is 5.69 Å². The average Bonchev–Trinajstić information content (AvgIpc) is 3.39. The molecule has 3 aromatic rings. The van der Waals surface area contributed by atoms with Gasteiger partial charge in [-0.1, -0.05) is 23.2 Å². The van der Waals surface area contributed by atoms with Crippen LogP contribution >= 0.6 is 23.2 Å². The first-order chi connectivity index (χ1) is 15.8. The number of hydrogen-bond acceptors (Lipinski definition) is 10. The van der Waals surface area contributed by atoms with Crippen LogP contribution in [0.4, 0.5) is 17.5 Å². The van der Waals surface area contributed by atoms with Crippen LogP contribution in [-0.4, -0.2) is 85.9 Å². The van der Waals surface area contributed by atoms with Gasteiger partial charge in [0.1, 0.15) is 23.8 Å². The number of nitrogens with two attached hydrogens (primary N) is 1. The molecule has 0 saturated carbocycles. The number of piperazine rings is 1. The lowest BCUT2D eigenvalue weighted by Crippen LogP contribution is -2.47. The minimum absolute atomic E-state index is 0.0684. The highest BCUT2D eigenvalue weighted by molar-refractivity contribution is 6.42. The van der Waals surface area contributed by atoms with Crippen molar-refractivity contribution in [1.29, 1.82) is 0 Å². The number of aromatic nitrogens is 4. The van der Waals surface area contributed by atoms with Crippen LogP contribution < -0.4 is 15.5 Å². The Kier molecular flexibility index (Phi) is 5.93. The van der Waals surface area contributed by atoms with Crippen LogP contribution in [0, 0.1) is 0 Å². The summed E-state index contributed by atoms with van der Waals surface area (Å²) < 4.78 is 6.72. The molecule has 2 aromatic heterocycles. The van der Waals surface area contributed by atoms with Crippen LogP contribution in [0.3, 0.4) is 0 Å². The van der Waals surface area contributed by atoms with Crippen LogP contribution in [0.1, 0.15) is 6.23 Å². The molecule has 0 amide bonds. The first-order valence-corrected chi connectivity index (χ1v) is 11.2. The Morgan fingerprint density at radius 3 is 2.45 bits per heavy atom. The molecule has 0 aliphatic carbocycles. The first kappa shape index (κ1) is 22.4. The number of imidazole rings is 1. The monoisotopic (exact) mass is 495 g/mol. The maximum absolute atomic E-state index is 10.8. The number of halogens is 2. The predicted octanol–water partition coefficient (Wildman–Crippen LogP) is 0.653. The summed E-state index contributed by atoms with van der Waals surface area (Å²) in [5.41, 5.74) is 7.77. The van der Waals surface area contributed by atoms with Crippen LogP contribution in [0.5, 0.6) is 0 Å². The molecule has 13 heteroatoms. The summed E-state index contributed by atoms with van der Waals surface area (Å²) in [7, 11) is 0. The predicted molar refractivity (Wildman–Crippen MR) is 124 cm³/mol. The molecule has 0 bridgehead atoms. The fraction of sp³-hybridized carbons (Fsp3) is 0.450. The third-order valence-corrected chi connectivity index (χ3v) is 6.78. The fourth-order valence-electron chi connectivity index (χ4n) is 4.15. The van der Waals surface area contributed by atoms with Gasteiger partial charge in [0.25, 0.3) is 0 Å². The van der Waals surface area contributed by atoms with Crippen molar-refractivity contribution in [2.75, 3.05) is 48.3 Å². The zero-order valence-corrected chi connectivity index (χ0v) is 18.9. The van der Waals surface area contributed by atoms with Gasteiger partial charge >= 0.3 is 0 Å². The van der Waals surface area contributed by atoms with E-state index in [-0.39, 0.29) is 12.4 Å². The maximum Gasteiger partial charge on any atom is 0.229 e. The van der Waals surface area contributed by atoms with E-state index in [2.05, 4.69) is 19.9 Å². The zero-order valence-electron chi connectivity index (χ0n) is 17.4. The van der Waals surface area contributed by atoms with Gasteiger partial charge in [0.2, 0.25) is 5.95 Å². The fourth-order valence-corrected chi connectivity index (χ4v) is 4.45. The minimum Gasteiger partial charge on any atom is -0.388 e. The van der Waals surface area contributed by atoms with Gasteiger partial charge in [-0.25, -0.2) is 4.98 Å². The highest BCUT2D eigenvalue weighted by atomic mass is 35.5. The van der Waals surface area contributed by atoms with Gasteiger partial charge in [0.15, 0.2) is 17.7 Å². The van der Waals surface area contributed by atoms with Crippen LogP contribution in [-0.2, 0) is 4.74 Å². The number of benzene rings is 1. The van der Waals surface area contributed by atoms with Crippen molar-refractivity contribution in [1.82, 2.24) is 19.5 Å². The van der Waals surface area contributed by atoms with Crippen LogP contribution in [0.25, 0.3) is 11.2 Å². The van der Waals surface area contributed by atoms with Crippen molar-refractivity contribution in [3.05, 3.63) is 34.6 Å². The molecule has 0 radical (unpaired) electrons. The van der Waals surface area contributed by atoms with Gasteiger partial charge in [-0.05, 0) is 18.2 Å². The van der Waals surface area contributed by atoms with Gasteiger partial charge in [-0.15, -0.1) is 0 Å². The van der Waals surface area contributed by atoms with Crippen molar-refractivity contribution < 1.29 is 20.1 Å². The summed E-state index contributed by atoms with van der Waals surface area (Å²) >= 11 is 12.2. The van der Waals surface area contributed by atoms with Gasteiger partial charge in [0, 0.05) is 31.9 Å². The number of fused-ring (bicyclic) bond motifs is 1. The van der Waals surface area contributed by atoms with Crippen molar-refractivity contribution >= 4 is 51.8 Å². The molecule has 4 atom stereocenters. The topological polar surface area (TPSA) is 146 Å². The van der Waals surface area contributed by atoms with Crippen LogP contribution in [0.2, 0.25) is 10.0 Å². The zero-order chi connectivity index (χ0) is 23.3. The van der Waals surface area contributed by atoms with Gasteiger partial charge in [-0.2, -0.15) is 9.97 Å². The molecule has 5 rings (SSSR count). The number of anilines is 3. The van der Waals surface area contributed by atoms with Crippen LogP contribution in [0.15, 0.2) is 24.5 Å². The molecule has 5 N–H and O–H groups in total. The van der Waals surface area contributed by atoms with Crippen molar-refractivity contribution in [2.24, 2.45) is 0 Å². The SMILES string of the molecule is Nc1nc(N2CCN(c3ccc(Cl)c(Cl)c3)CC2)nc2c1ncn2C(O)[C@@H]1OC[C@H](O)[C@H]1O. The van der Waals surface area contributed by atoms with E-state index in [0.29, 0.717) is 53.3 Å². The Labute approximate surface area is 198 Å². The van der Waals surface area contributed by atoms with E-state index < -0.39 is 24.5 Å². The molecule has 2 aliphatic rings. The summed E-state index contributed by atoms with van der Waals surface area (Å²) in [5, 5.41) is 31.6. The second-order valence-corrected chi connectivity index (χ2v) is 8.89. The van der Waals surface area contributed by atoms with E-state index in [1.165, 1.54) is 10.9 Å². The molecule has 1 unspecified atom stereocenters. The molecule has 0 spiro atoms. The summed E-state index contributed by atoms with van der Waals surface area (Å²) in [6, 6.07) is 5.55. The van der Waals surface area contributed by atoms with Crippen molar-refractivity contribution in [2.45, 2.75) is 24.5 Å². The molecule has 2 saturated heterocycles. The first-order valence-electron chi connectivity index (χ1n) is 10.4. The molecule has 1 aromatic carbocycles. The largest absolute Gasteiger partial charge is 0.388 e. The lowest BCUT2D eigenvalue weighted by Gasteiger charge is -2.36. The Morgan fingerprint density at radius 2 is 1.79 bits per heavy atom. The quantitative estimate of drug-likeness (QED) is 0.406. The highest BCUT2D eigenvalue weighted by Gasteiger charge is 2.40. The second-order valence-electron chi connectivity index (χ2n) is 8.07. The smallest absolute Gasteiger partial charge is 0.229 e. The number of nitrogen functional groups attached to an aromatic ring is 1. The third kappa shape index (κ3) is 4.05. The summed E-state index contributed by atoms with van der Waals surface area (Å²) in [6.45, 7) is 2.63. The van der Waals surface area contributed by atoms with E-state index in [1.807, 2.05) is 17.0 Å². The Hall–Kier alpha value is -2.41. The highest BCUT2D eigenvalue weighted by Crippen LogP contribution is 2.30. The van der Waals surface area contributed by atoms with E-state index in [9.17, 15) is 15.3 Å². The molecule has 33 heavy (non-hydrogen) atoms. The number of nitrogens with zero attached hydrogens (tertiary/aromatic N) is 6. The molecule has 4 heterocycles. The van der Waals surface area contributed by atoms with E-state index in [4.69, 9.17) is 33.7 Å². The molecule has 2 aliphatic heterocycles. The van der Waals surface area contributed by atoms with Crippen molar-refractivity contribution in [3.8, 4) is 0 Å².